The number of piperazine rings is 1. The van der Waals surface area contributed by atoms with Crippen LogP contribution < -0.4 is 10.1 Å². The fourth-order valence-corrected chi connectivity index (χ4v) is 3.53. The Hall–Kier alpha value is -1.41. The smallest absolute Gasteiger partial charge is 0.324 e. The van der Waals surface area contributed by atoms with Crippen molar-refractivity contribution < 1.29 is 9.53 Å². The minimum absolute atomic E-state index is 0.0946. The highest BCUT2D eigenvalue weighted by Gasteiger charge is 2.36. The van der Waals surface area contributed by atoms with Crippen molar-refractivity contribution in [1.29, 1.82) is 0 Å². The maximum Gasteiger partial charge on any atom is 0.324 e. The topological polar surface area (TPSA) is 70.6 Å². The van der Waals surface area contributed by atoms with Gasteiger partial charge in [0, 0.05) is 25.2 Å². The van der Waals surface area contributed by atoms with Gasteiger partial charge < -0.3 is 9.64 Å². The summed E-state index contributed by atoms with van der Waals surface area (Å²) in [4.78, 5) is 16.8. The Morgan fingerprint density at radius 1 is 1.45 bits per heavy atom. The minimum Gasteiger partial charge on any atom is -0.472 e. The molecule has 0 aromatic carbocycles. The molecule has 2 amide bonds. The first kappa shape index (κ1) is 13.6. The Bertz CT molecular complexity index is 494. The normalized spacial score (nSPS) is 26.4. The van der Waals surface area contributed by atoms with Crippen LogP contribution in [0.4, 0.5) is 9.93 Å². The second-order valence-electron chi connectivity index (χ2n) is 5.30. The quantitative estimate of drug-likeness (QED) is 0.889. The highest BCUT2D eigenvalue weighted by atomic mass is 32.1. The van der Waals surface area contributed by atoms with Crippen LogP contribution in [0, 0.1) is 0 Å². The molecule has 3 rings (SSSR count). The molecular formula is C12H19N5O2S. The molecule has 2 saturated heterocycles. The summed E-state index contributed by atoms with van der Waals surface area (Å²) in [7, 11) is 1.54. The van der Waals surface area contributed by atoms with Crippen LogP contribution in [0.1, 0.15) is 19.8 Å². The van der Waals surface area contributed by atoms with Crippen molar-refractivity contribution in [2.75, 3.05) is 32.1 Å². The lowest BCUT2D eigenvalue weighted by Crippen LogP contribution is -2.57. The molecule has 0 unspecified atom stereocenters. The summed E-state index contributed by atoms with van der Waals surface area (Å²) in [6.07, 6.45) is 2.42. The van der Waals surface area contributed by atoms with Crippen molar-refractivity contribution in [3.8, 4) is 5.19 Å². The summed E-state index contributed by atoms with van der Waals surface area (Å²) in [6, 6.07) is 0.642. The number of anilines is 1. The Kier molecular flexibility index (Phi) is 3.75. The molecule has 20 heavy (non-hydrogen) atoms. The average molecular weight is 297 g/mol. The van der Waals surface area contributed by atoms with Crippen molar-refractivity contribution in [3.63, 3.8) is 0 Å². The summed E-state index contributed by atoms with van der Waals surface area (Å²) < 4.78 is 4.97. The molecule has 2 atom stereocenters. The lowest BCUT2D eigenvalue weighted by atomic mass is 10.1. The highest BCUT2D eigenvalue weighted by Crippen LogP contribution is 2.26. The molecule has 1 aromatic heterocycles. The third kappa shape index (κ3) is 2.57. The molecule has 0 saturated carbocycles. The first-order chi connectivity index (χ1) is 9.67. The van der Waals surface area contributed by atoms with Crippen LogP contribution in [0.2, 0.25) is 0 Å². The van der Waals surface area contributed by atoms with Gasteiger partial charge in [-0.3, -0.25) is 10.2 Å². The number of carbonyl (C=O) groups is 1. The van der Waals surface area contributed by atoms with Gasteiger partial charge in [0.2, 0.25) is 5.13 Å². The predicted octanol–water partition coefficient (Wildman–Crippen LogP) is 1.25. The third-order valence-electron chi connectivity index (χ3n) is 3.99. The fourth-order valence-electron chi connectivity index (χ4n) is 2.98. The van der Waals surface area contributed by atoms with Crippen molar-refractivity contribution in [3.05, 3.63) is 0 Å². The third-order valence-corrected chi connectivity index (χ3v) is 4.79. The number of methoxy groups -OCH3 is 1. The van der Waals surface area contributed by atoms with E-state index < -0.39 is 0 Å². The molecule has 0 aliphatic carbocycles. The molecule has 7 nitrogen and oxygen atoms in total. The second kappa shape index (κ2) is 5.53. The molecule has 1 N–H and O–H groups in total. The van der Waals surface area contributed by atoms with E-state index in [0.717, 1.165) is 19.6 Å². The Morgan fingerprint density at radius 3 is 3.05 bits per heavy atom. The largest absolute Gasteiger partial charge is 0.472 e. The number of hydrogen-bond acceptors (Lipinski definition) is 6. The SMILES string of the molecule is COc1nnc(NC(=O)N2C[C@H]3CCCN3C[C@@H]2C)s1. The first-order valence-electron chi connectivity index (χ1n) is 6.86. The fraction of sp³-hybridized carbons (Fsp3) is 0.750. The summed E-state index contributed by atoms with van der Waals surface area (Å²) in [5.41, 5.74) is 0. The van der Waals surface area contributed by atoms with Crippen molar-refractivity contribution in [2.45, 2.75) is 31.8 Å². The van der Waals surface area contributed by atoms with E-state index in [1.165, 1.54) is 31.3 Å². The van der Waals surface area contributed by atoms with Crippen molar-refractivity contribution in [1.82, 2.24) is 20.0 Å². The number of ether oxygens (including phenoxy) is 1. The van der Waals surface area contributed by atoms with E-state index in [2.05, 4.69) is 27.3 Å². The Labute approximate surface area is 121 Å². The monoisotopic (exact) mass is 297 g/mol. The molecule has 8 heteroatoms. The van der Waals surface area contributed by atoms with Gasteiger partial charge in [0.15, 0.2) is 0 Å². The number of carbonyl (C=O) groups excluding carboxylic acids is 1. The molecule has 2 aliphatic heterocycles. The second-order valence-corrected chi connectivity index (χ2v) is 6.24. The Morgan fingerprint density at radius 2 is 2.30 bits per heavy atom. The predicted molar refractivity (Wildman–Crippen MR) is 76.2 cm³/mol. The van der Waals surface area contributed by atoms with Crippen LogP contribution in [0.3, 0.4) is 0 Å². The van der Waals surface area contributed by atoms with Gasteiger partial charge in [-0.2, -0.15) is 0 Å². The molecule has 1 aromatic rings. The molecule has 2 fully saturated rings. The summed E-state index contributed by atoms with van der Waals surface area (Å²) in [5, 5.41) is 11.4. The van der Waals surface area contributed by atoms with Gasteiger partial charge in [0.05, 0.1) is 7.11 Å². The van der Waals surface area contributed by atoms with Crippen LogP contribution in [-0.4, -0.2) is 64.9 Å². The molecule has 110 valence electrons. The van der Waals surface area contributed by atoms with Gasteiger partial charge in [-0.1, -0.05) is 5.10 Å². The van der Waals surface area contributed by atoms with E-state index in [9.17, 15) is 4.79 Å². The number of urea groups is 1. The molecule has 0 bridgehead atoms. The molecular weight excluding hydrogens is 278 g/mol. The Balaban J connectivity index is 1.64. The number of nitrogens with one attached hydrogen (secondary N) is 1. The lowest BCUT2D eigenvalue weighted by molar-refractivity contribution is 0.0861. The van der Waals surface area contributed by atoms with Gasteiger partial charge >= 0.3 is 6.03 Å². The molecule has 3 heterocycles. The van der Waals surface area contributed by atoms with E-state index in [1.807, 2.05) is 4.90 Å². The maximum absolute atomic E-state index is 12.4. The van der Waals surface area contributed by atoms with E-state index in [4.69, 9.17) is 4.74 Å². The number of nitrogens with zero attached hydrogens (tertiary/aromatic N) is 4. The zero-order valence-corrected chi connectivity index (χ0v) is 12.5. The number of rotatable bonds is 2. The molecule has 0 spiro atoms. The van der Waals surface area contributed by atoms with Gasteiger partial charge in [0.1, 0.15) is 0 Å². The molecule has 0 radical (unpaired) electrons. The first-order valence-corrected chi connectivity index (χ1v) is 7.68. The van der Waals surface area contributed by atoms with Gasteiger partial charge in [-0.15, -0.1) is 5.10 Å². The average Bonchev–Trinajstić information content (AvgIpc) is 3.05. The van der Waals surface area contributed by atoms with Gasteiger partial charge in [-0.05, 0) is 37.6 Å². The van der Waals surface area contributed by atoms with E-state index in [1.54, 1.807) is 0 Å². The summed E-state index contributed by atoms with van der Waals surface area (Å²) in [5.74, 6) is 0. The van der Waals surface area contributed by atoms with Crippen LogP contribution in [-0.2, 0) is 0 Å². The number of hydrogen-bond donors (Lipinski definition) is 1. The summed E-state index contributed by atoms with van der Waals surface area (Å²) >= 11 is 1.23. The number of amides is 2. The minimum atomic E-state index is -0.0946. The summed E-state index contributed by atoms with van der Waals surface area (Å²) in [6.45, 7) is 5.01. The maximum atomic E-state index is 12.4. The van der Waals surface area contributed by atoms with Crippen molar-refractivity contribution in [2.24, 2.45) is 0 Å². The standard InChI is InChI=1S/C12H19N5O2S/c1-8-6-16-5-3-4-9(16)7-17(8)11(18)13-10-14-15-12(19-2)20-10/h8-9H,3-7H2,1-2H3,(H,13,14,18)/t8-,9+/m0/s1. The van der Waals surface area contributed by atoms with E-state index in [-0.39, 0.29) is 12.1 Å². The van der Waals surface area contributed by atoms with Crippen molar-refractivity contribution >= 4 is 22.5 Å². The van der Waals surface area contributed by atoms with E-state index >= 15 is 0 Å². The van der Waals surface area contributed by atoms with E-state index in [0.29, 0.717) is 16.4 Å². The zero-order chi connectivity index (χ0) is 14.1. The van der Waals surface area contributed by atoms with Crippen LogP contribution >= 0.6 is 11.3 Å². The van der Waals surface area contributed by atoms with Crippen LogP contribution in [0.25, 0.3) is 0 Å². The van der Waals surface area contributed by atoms with Gasteiger partial charge in [-0.25, -0.2) is 4.79 Å². The number of aromatic nitrogens is 2. The highest BCUT2D eigenvalue weighted by molar-refractivity contribution is 7.17. The lowest BCUT2D eigenvalue weighted by Gasteiger charge is -2.41. The molecule has 2 aliphatic rings. The van der Waals surface area contributed by atoms with Crippen LogP contribution in [0.15, 0.2) is 0 Å². The number of fused-ring (bicyclic) bond motifs is 1. The van der Waals surface area contributed by atoms with Gasteiger partial charge in [0.25, 0.3) is 5.19 Å². The zero-order valence-electron chi connectivity index (χ0n) is 11.7. The van der Waals surface area contributed by atoms with Crippen LogP contribution in [0.5, 0.6) is 5.19 Å².